The van der Waals surface area contributed by atoms with Crippen molar-refractivity contribution in [2.45, 2.75) is 46.0 Å². The minimum Gasteiger partial charge on any atom is -0.0850 e. The fourth-order valence-electron chi connectivity index (χ4n) is 2.16. The Balaban J connectivity index is 2.24. The second-order valence-electron chi connectivity index (χ2n) is 4.28. The van der Waals surface area contributed by atoms with Crippen molar-refractivity contribution in [2.75, 3.05) is 0 Å². The molecule has 13 heavy (non-hydrogen) atoms. The van der Waals surface area contributed by atoms with Crippen molar-refractivity contribution in [3.63, 3.8) is 0 Å². The van der Waals surface area contributed by atoms with Crippen LogP contribution in [-0.2, 0) is 0 Å². The predicted molar refractivity (Wildman–Crippen MR) is 57.6 cm³/mol. The summed E-state index contributed by atoms with van der Waals surface area (Å²) in [6.07, 6.45) is 11.2. The normalized spacial score (nSPS) is 36.8. The Morgan fingerprint density at radius 2 is 1.85 bits per heavy atom. The van der Waals surface area contributed by atoms with Crippen LogP contribution in [0.4, 0.5) is 0 Å². The molecule has 0 heteroatoms. The highest BCUT2D eigenvalue weighted by molar-refractivity contribution is 5.43. The monoisotopic (exact) mass is 174 g/mol. The van der Waals surface area contributed by atoms with Crippen LogP contribution >= 0.6 is 0 Å². The van der Waals surface area contributed by atoms with E-state index < -0.39 is 0 Å². The fraction of sp³-hybridized carbons (Fsp3) is 0.538. The minimum absolute atomic E-state index is 1.17. The van der Waals surface area contributed by atoms with Crippen molar-refractivity contribution >= 4 is 0 Å². The first-order valence-corrected chi connectivity index (χ1v) is 5.31. The molecule has 2 rings (SSSR count). The lowest BCUT2D eigenvalue weighted by Gasteiger charge is -2.24. The molecule has 0 aromatic rings. The molecule has 0 aromatic heterocycles. The molecule has 0 radical (unpaired) electrons. The van der Waals surface area contributed by atoms with Gasteiger partial charge >= 0.3 is 0 Å². The van der Waals surface area contributed by atoms with Crippen LogP contribution in [0.1, 0.15) is 46.0 Å². The van der Waals surface area contributed by atoms with Gasteiger partial charge in [0, 0.05) is 0 Å². The third-order valence-corrected chi connectivity index (χ3v) is 3.23. The summed E-state index contributed by atoms with van der Waals surface area (Å²) >= 11 is 0. The van der Waals surface area contributed by atoms with E-state index in [4.69, 9.17) is 0 Å². The topological polar surface area (TPSA) is 0 Å². The average Bonchev–Trinajstić information content (AvgIpc) is 2.04. The van der Waals surface area contributed by atoms with Gasteiger partial charge in [0.15, 0.2) is 0 Å². The zero-order valence-corrected chi connectivity index (χ0v) is 8.69. The van der Waals surface area contributed by atoms with Crippen molar-refractivity contribution in [2.24, 2.45) is 0 Å². The van der Waals surface area contributed by atoms with Crippen molar-refractivity contribution in [3.8, 4) is 0 Å². The molecule has 2 aliphatic rings. The van der Waals surface area contributed by atoms with Gasteiger partial charge in [0.1, 0.15) is 0 Å². The van der Waals surface area contributed by atoms with E-state index in [0.29, 0.717) is 0 Å². The van der Waals surface area contributed by atoms with Gasteiger partial charge in [-0.15, -0.1) is 0 Å². The minimum atomic E-state index is 1.17. The molecule has 0 unspecified atom stereocenters. The highest BCUT2D eigenvalue weighted by Crippen LogP contribution is 2.37. The second kappa shape index (κ2) is 3.53. The molecule has 0 amide bonds. The molecule has 0 N–H and O–H groups in total. The fourth-order valence-corrected chi connectivity index (χ4v) is 2.16. The Bertz CT molecular complexity index is 300. The molecule has 0 spiro atoms. The summed E-state index contributed by atoms with van der Waals surface area (Å²) in [5, 5.41) is 0. The summed E-state index contributed by atoms with van der Waals surface area (Å²) < 4.78 is 0. The SMILES string of the molecule is C/C1=C/CC/C(C)=C2/CC/C2=C/C1. The molecule has 1 saturated carbocycles. The summed E-state index contributed by atoms with van der Waals surface area (Å²) in [5.74, 6) is 0. The summed E-state index contributed by atoms with van der Waals surface area (Å²) in [6, 6.07) is 0. The first kappa shape index (κ1) is 8.80. The van der Waals surface area contributed by atoms with Gasteiger partial charge in [-0.1, -0.05) is 23.3 Å². The van der Waals surface area contributed by atoms with Crippen molar-refractivity contribution in [3.05, 3.63) is 34.4 Å². The highest BCUT2D eigenvalue weighted by Gasteiger charge is 2.18. The lowest BCUT2D eigenvalue weighted by atomic mass is 9.81. The standard InChI is InChI=1S/C13H18/c1-10-4-3-5-11(2)13-9-8-12(13)7-6-10/h4,7H,3,5-6,8-9H2,1-2H3/b10-4-,12-7-,13-11-. The van der Waals surface area contributed by atoms with E-state index in [9.17, 15) is 0 Å². The van der Waals surface area contributed by atoms with Crippen LogP contribution in [0.3, 0.4) is 0 Å². The molecule has 0 aliphatic heterocycles. The zero-order chi connectivity index (χ0) is 9.26. The molecular weight excluding hydrogens is 156 g/mol. The van der Waals surface area contributed by atoms with E-state index >= 15 is 0 Å². The van der Waals surface area contributed by atoms with Crippen LogP contribution in [0.25, 0.3) is 0 Å². The van der Waals surface area contributed by atoms with E-state index in [1.807, 2.05) is 0 Å². The van der Waals surface area contributed by atoms with Crippen molar-refractivity contribution in [1.29, 1.82) is 0 Å². The van der Waals surface area contributed by atoms with E-state index in [1.165, 1.54) is 37.7 Å². The van der Waals surface area contributed by atoms with Gasteiger partial charge in [-0.05, 0) is 57.1 Å². The Hall–Kier alpha value is -0.780. The maximum atomic E-state index is 2.43. The third kappa shape index (κ3) is 1.77. The third-order valence-electron chi connectivity index (χ3n) is 3.23. The van der Waals surface area contributed by atoms with Crippen molar-refractivity contribution in [1.82, 2.24) is 0 Å². The van der Waals surface area contributed by atoms with Crippen LogP contribution in [0.2, 0.25) is 0 Å². The first-order valence-electron chi connectivity index (χ1n) is 5.31. The maximum Gasteiger partial charge on any atom is -0.0136 e. The predicted octanol–water partition coefficient (Wildman–Crippen LogP) is 4.15. The van der Waals surface area contributed by atoms with E-state index in [1.54, 1.807) is 16.7 Å². The number of hydrogen-bond acceptors (Lipinski definition) is 0. The van der Waals surface area contributed by atoms with Gasteiger partial charge < -0.3 is 0 Å². The van der Waals surface area contributed by atoms with E-state index in [0.717, 1.165) is 0 Å². The average molecular weight is 174 g/mol. The molecule has 0 atom stereocenters. The number of hydrogen-bond donors (Lipinski definition) is 0. The zero-order valence-electron chi connectivity index (χ0n) is 8.69. The molecule has 2 aliphatic carbocycles. The van der Waals surface area contributed by atoms with Gasteiger partial charge in [0.2, 0.25) is 0 Å². The molecule has 0 bridgehead atoms. The molecule has 0 heterocycles. The smallest absolute Gasteiger partial charge is 0.0136 e. The Labute approximate surface area is 81.0 Å². The van der Waals surface area contributed by atoms with E-state index in [2.05, 4.69) is 26.0 Å². The summed E-state index contributed by atoms with van der Waals surface area (Å²) in [5.41, 5.74) is 6.46. The first-order chi connectivity index (χ1) is 6.27. The van der Waals surface area contributed by atoms with Gasteiger partial charge in [-0.25, -0.2) is 0 Å². The quantitative estimate of drug-likeness (QED) is 0.484. The highest BCUT2D eigenvalue weighted by atomic mass is 14.2. The Morgan fingerprint density at radius 3 is 2.54 bits per heavy atom. The van der Waals surface area contributed by atoms with Crippen LogP contribution in [0.5, 0.6) is 0 Å². The van der Waals surface area contributed by atoms with Crippen LogP contribution < -0.4 is 0 Å². The Morgan fingerprint density at radius 1 is 1.00 bits per heavy atom. The van der Waals surface area contributed by atoms with Crippen LogP contribution in [0, 0.1) is 0 Å². The van der Waals surface area contributed by atoms with Crippen LogP contribution in [-0.4, -0.2) is 0 Å². The maximum absolute atomic E-state index is 2.43. The summed E-state index contributed by atoms with van der Waals surface area (Å²) in [6.45, 7) is 4.55. The van der Waals surface area contributed by atoms with Crippen molar-refractivity contribution < 1.29 is 0 Å². The lowest BCUT2D eigenvalue weighted by molar-refractivity contribution is 0.784. The number of rotatable bonds is 0. The van der Waals surface area contributed by atoms with Gasteiger partial charge in [-0.3, -0.25) is 0 Å². The molecule has 0 aromatic carbocycles. The van der Waals surface area contributed by atoms with Gasteiger partial charge in [-0.2, -0.15) is 0 Å². The molecular formula is C13H18. The van der Waals surface area contributed by atoms with Crippen LogP contribution in [0.15, 0.2) is 34.4 Å². The lowest BCUT2D eigenvalue weighted by Crippen LogP contribution is -2.05. The molecule has 0 nitrogen and oxygen atoms in total. The molecule has 1 fully saturated rings. The molecule has 70 valence electrons. The largest absolute Gasteiger partial charge is 0.0850 e. The number of fused-ring (bicyclic) bond motifs is 1. The van der Waals surface area contributed by atoms with E-state index in [-0.39, 0.29) is 0 Å². The molecule has 0 saturated heterocycles. The summed E-state index contributed by atoms with van der Waals surface area (Å²) in [7, 11) is 0. The summed E-state index contributed by atoms with van der Waals surface area (Å²) in [4.78, 5) is 0. The second-order valence-corrected chi connectivity index (χ2v) is 4.28. The van der Waals surface area contributed by atoms with Gasteiger partial charge in [0.25, 0.3) is 0 Å². The Kier molecular flexibility index (Phi) is 2.39. The van der Waals surface area contributed by atoms with Gasteiger partial charge in [0.05, 0.1) is 0 Å². The number of allylic oxidation sites excluding steroid dienone is 6.